The molecular formula is C19H20N4O4S. The largest absolute Gasteiger partial charge is 0.495 e. The van der Waals surface area contributed by atoms with Gasteiger partial charge in [0, 0.05) is 25.5 Å². The maximum Gasteiger partial charge on any atom is 0.226 e. The quantitative estimate of drug-likeness (QED) is 0.597. The lowest BCUT2D eigenvalue weighted by molar-refractivity contribution is -0.116. The number of aryl methyl sites for hydroxylation is 1. The van der Waals surface area contributed by atoms with Crippen molar-refractivity contribution in [2.24, 2.45) is 0 Å². The second-order valence-electron chi connectivity index (χ2n) is 5.99. The summed E-state index contributed by atoms with van der Waals surface area (Å²) in [5, 5.41) is 11.4. The van der Waals surface area contributed by atoms with Gasteiger partial charge in [-0.05, 0) is 36.1 Å². The van der Waals surface area contributed by atoms with E-state index in [4.69, 9.17) is 9.26 Å². The summed E-state index contributed by atoms with van der Waals surface area (Å²) in [7, 11) is 1.52. The van der Waals surface area contributed by atoms with Gasteiger partial charge >= 0.3 is 0 Å². The molecule has 0 bridgehead atoms. The molecule has 0 saturated heterocycles. The fourth-order valence-corrected chi connectivity index (χ4v) is 3.21. The van der Waals surface area contributed by atoms with E-state index in [9.17, 15) is 9.59 Å². The van der Waals surface area contributed by atoms with Crippen molar-refractivity contribution in [1.82, 2.24) is 10.1 Å². The summed E-state index contributed by atoms with van der Waals surface area (Å²) in [6, 6.07) is 8.90. The highest BCUT2D eigenvalue weighted by Crippen LogP contribution is 2.28. The molecule has 9 heteroatoms. The van der Waals surface area contributed by atoms with Crippen LogP contribution in [-0.2, 0) is 16.0 Å². The van der Waals surface area contributed by atoms with Crippen molar-refractivity contribution >= 4 is 34.5 Å². The monoisotopic (exact) mass is 400 g/mol. The Balaban J connectivity index is 1.53. The molecular weight excluding hydrogens is 380 g/mol. The second-order valence-corrected chi connectivity index (χ2v) is 6.93. The number of thiophene rings is 1. The number of nitrogens with zero attached hydrogens (tertiary/aromatic N) is 2. The number of hydrogen-bond donors (Lipinski definition) is 2. The van der Waals surface area contributed by atoms with E-state index in [2.05, 4.69) is 20.8 Å². The van der Waals surface area contributed by atoms with Crippen LogP contribution in [0.1, 0.15) is 25.7 Å². The average Bonchev–Trinajstić information content (AvgIpc) is 3.33. The number of aromatic nitrogens is 2. The number of carbonyl (C=O) groups is 2. The molecule has 0 fully saturated rings. The molecule has 0 unspecified atom stereocenters. The summed E-state index contributed by atoms with van der Waals surface area (Å²) in [6.45, 7) is 1.42. The molecule has 0 spiro atoms. The van der Waals surface area contributed by atoms with Crippen LogP contribution in [0.5, 0.6) is 5.75 Å². The van der Waals surface area contributed by atoms with Crippen molar-refractivity contribution in [2.75, 3.05) is 17.7 Å². The van der Waals surface area contributed by atoms with E-state index >= 15 is 0 Å². The highest BCUT2D eigenvalue weighted by atomic mass is 32.1. The number of rotatable bonds is 8. The van der Waals surface area contributed by atoms with Crippen molar-refractivity contribution in [3.8, 4) is 16.5 Å². The maximum absolute atomic E-state index is 12.3. The zero-order valence-electron chi connectivity index (χ0n) is 15.5. The molecule has 0 saturated carbocycles. The normalized spacial score (nSPS) is 10.5. The third kappa shape index (κ3) is 5.17. The van der Waals surface area contributed by atoms with Gasteiger partial charge in [0.25, 0.3) is 0 Å². The summed E-state index contributed by atoms with van der Waals surface area (Å²) in [6.07, 6.45) is 1.35. The number of ether oxygens (including phenoxy) is 1. The predicted molar refractivity (Wildman–Crippen MR) is 106 cm³/mol. The Bertz CT molecular complexity index is 953. The molecule has 1 aromatic carbocycles. The van der Waals surface area contributed by atoms with Gasteiger partial charge in [-0.2, -0.15) is 4.98 Å². The van der Waals surface area contributed by atoms with E-state index in [0.29, 0.717) is 41.7 Å². The van der Waals surface area contributed by atoms with Crippen LogP contribution in [0, 0.1) is 0 Å². The summed E-state index contributed by atoms with van der Waals surface area (Å²) >= 11 is 1.54. The van der Waals surface area contributed by atoms with Crippen LogP contribution >= 0.6 is 11.3 Å². The Kier molecular flexibility index (Phi) is 6.38. The van der Waals surface area contributed by atoms with Crippen molar-refractivity contribution in [1.29, 1.82) is 0 Å². The smallest absolute Gasteiger partial charge is 0.226 e. The molecule has 0 radical (unpaired) electrons. The molecule has 2 N–H and O–H groups in total. The predicted octanol–water partition coefficient (Wildman–Crippen LogP) is 3.73. The first kappa shape index (κ1) is 19.6. The van der Waals surface area contributed by atoms with Crippen molar-refractivity contribution in [3.05, 3.63) is 41.6 Å². The second kappa shape index (κ2) is 9.14. The van der Waals surface area contributed by atoms with Gasteiger partial charge in [0.2, 0.25) is 23.5 Å². The molecule has 3 aromatic rings. The van der Waals surface area contributed by atoms with Gasteiger partial charge in [-0.3, -0.25) is 9.59 Å². The average molecular weight is 400 g/mol. The number of nitrogens with one attached hydrogen (secondary N) is 2. The molecule has 0 atom stereocenters. The third-order valence-electron chi connectivity index (χ3n) is 3.80. The first-order valence-electron chi connectivity index (χ1n) is 8.67. The van der Waals surface area contributed by atoms with E-state index in [1.54, 1.807) is 29.5 Å². The summed E-state index contributed by atoms with van der Waals surface area (Å²) in [4.78, 5) is 28.8. The highest BCUT2D eigenvalue weighted by Gasteiger charge is 2.12. The van der Waals surface area contributed by atoms with Crippen molar-refractivity contribution in [3.63, 3.8) is 0 Å². The molecule has 0 aliphatic carbocycles. The van der Waals surface area contributed by atoms with E-state index in [-0.39, 0.29) is 18.2 Å². The van der Waals surface area contributed by atoms with Crippen LogP contribution < -0.4 is 15.4 Å². The third-order valence-corrected chi connectivity index (χ3v) is 4.66. The summed E-state index contributed by atoms with van der Waals surface area (Å²) in [5.74, 6) is 1.22. The van der Waals surface area contributed by atoms with E-state index in [1.807, 2.05) is 17.5 Å². The summed E-state index contributed by atoms with van der Waals surface area (Å²) in [5.41, 5.74) is 1.08. The maximum atomic E-state index is 12.3. The Morgan fingerprint density at radius 2 is 2.11 bits per heavy atom. The number of benzene rings is 1. The minimum Gasteiger partial charge on any atom is -0.495 e. The molecule has 146 valence electrons. The van der Waals surface area contributed by atoms with Crippen LogP contribution in [0.4, 0.5) is 11.4 Å². The topological polar surface area (TPSA) is 106 Å². The van der Waals surface area contributed by atoms with Crippen molar-refractivity contribution in [2.45, 2.75) is 26.2 Å². The fraction of sp³-hybridized carbons (Fsp3) is 0.263. The first-order chi connectivity index (χ1) is 13.5. The van der Waals surface area contributed by atoms with Gasteiger partial charge in [0.15, 0.2) is 0 Å². The zero-order valence-corrected chi connectivity index (χ0v) is 16.3. The highest BCUT2D eigenvalue weighted by molar-refractivity contribution is 7.13. The standard InChI is InChI=1S/C19H20N4O4S/c1-12(24)20-13-8-9-15(26-2)14(11-13)21-17(25)6-3-7-18-22-19(23-27-18)16-5-4-10-28-16/h4-5,8-11H,3,6-7H2,1-2H3,(H,20,24)(H,21,25). The fourth-order valence-electron chi connectivity index (χ4n) is 2.56. The number of carbonyl (C=O) groups excluding carboxylic acids is 2. The van der Waals surface area contributed by atoms with Crippen LogP contribution in [0.2, 0.25) is 0 Å². The molecule has 2 amide bonds. The zero-order chi connectivity index (χ0) is 19.9. The SMILES string of the molecule is COc1ccc(NC(C)=O)cc1NC(=O)CCCc1nc(-c2cccs2)no1. The van der Waals surface area contributed by atoms with Gasteiger partial charge in [-0.1, -0.05) is 11.2 Å². The number of hydrogen-bond acceptors (Lipinski definition) is 7. The lowest BCUT2D eigenvalue weighted by atomic mass is 10.2. The van der Waals surface area contributed by atoms with Gasteiger partial charge < -0.3 is 19.9 Å². The Labute approximate surface area is 165 Å². The minimum absolute atomic E-state index is 0.170. The minimum atomic E-state index is -0.191. The molecule has 0 aliphatic heterocycles. The Hall–Kier alpha value is -3.20. The first-order valence-corrected chi connectivity index (χ1v) is 9.55. The van der Waals surface area contributed by atoms with Crippen LogP contribution in [0.25, 0.3) is 10.7 Å². The van der Waals surface area contributed by atoms with Gasteiger partial charge in [0.1, 0.15) is 5.75 Å². The lowest BCUT2D eigenvalue weighted by Gasteiger charge is -2.12. The summed E-state index contributed by atoms with van der Waals surface area (Å²) < 4.78 is 10.5. The Morgan fingerprint density at radius 1 is 1.25 bits per heavy atom. The van der Waals surface area contributed by atoms with Crippen molar-refractivity contribution < 1.29 is 18.8 Å². The molecule has 8 nitrogen and oxygen atoms in total. The molecule has 2 heterocycles. The number of methoxy groups -OCH3 is 1. The van der Waals surface area contributed by atoms with Gasteiger partial charge in [-0.25, -0.2) is 0 Å². The number of amides is 2. The molecule has 28 heavy (non-hydrogen) atoms. The van der Waals surface area contributed by atoms with Gasteiger partial charge in [-0.15, -0.1) is 11.3 Å². The van der Waals surface area contributed by atoms with Crippen LogP contribution in [0.15, 0.2) is 40.2 Å². The van der Waals surface area contributed by atoms with Gasteiger partial charge in [0.05, 0.1) is 17.7 Å². The molecule has 3 rings (SSSR count). The Morgan fingerprint density at radius 3 is 2.82 bits per heavy atom. The van der Waals surface area contributed by atoms with Crippen LogP contribution in [-0.4, -0.2) is 29.1 Å². The van der Waals surface area contributed by atoms with E-state index < -0.39 is 0 Å². The van der Waals surface area contributed by atoms with E-state index in [1.165, 1.54) is 14.0 Å². The van der Waals surface area contributed by atoms with E-state index in [0.717, 1.165) is 4.88 Å². The van der Waals surface area contributed by atoms with Crippen LogP contribution in [0.3, 0.4) is 0 Å². The number of anilines is 2. The molecule has 2 aromatic heterocycles. The molecule has 0 aliphatic rings. The lowest BCUT2D eigenvalue weighted by Crippen LogP contribution is -2.13.